The molecular formula is C33H60O2S. The Kier molecular flexibility index (Phi) is 25.1. The number of aryl methyl sites for hydroxylation is 1. The summed E-state index contributed by atoms with van der Waals surface area (Å²) in [5, 5.41) is 2.19. The van der Waals surface area contributed by atoms with Crippen molar-refractivity contribution in [2.75, 3.05) is 6.61 Å². The second-order valence-corrected chi connectivity index (χ2v) is 12.0. The van der Waals surface area contributed by atoms with Gasteiger partial charge in [0.2, 0.25) is 0 Å². The van der Waals surface area contributed by atoms with E-state index in [1.54, 1.807) is 4.88 Å². The van der Waals surface area contributed by atoms with Crippen molar-refractivity contribution in [3.05, 3.63) is 22.4 Å². The molecule has 0 aliphatic heterocycles. The molecule has 0 radical (unpaired) electrons. The van der Waals surface area contributed by atoms with Gasteiger partial charge in [0.05, 0.1) is 6.61 Å². The van der Waals surface area contributed by atoms with Crippen molar-refractivity contribution in [2.24, 2.45) is 0 Å². The third kappa shape index (κ3) is 23.6. The number of carbonyl (C=O) groups excluding carboxylic acids is 1. The van der Waals surface area contributed by atoms with Crippen LogP contribution in [0.1, 0.15) is 172 Å². The first-order valence-corrected chi connectivity index (χ1v) is 16.9. The molecule has 0 spiro atoms. The quantitative estimate of drug-likeness (QED) is 0.0811. The summed E-state index contributed by atoms with van der Waals surface area (Å²) >= 11 is 1.90. The molecule has 0 unspecified atom stereocenters. The van der Waals surface area contributed by atoms with E-state index in [0.717, 1.165) is 12.8 Å². The summed E-state index contributed by atoms with van der Waals surface area (Å²) in [6.45, 7) is 2.91. The number of thiophene rings is 1. The van der Waals surface area contributed by atoms with Crippen LogP contribution in [0.4, 0.5) is 0 Å². The summed E-state index contributed by atoms with van der Waals surface area (Å²) in [6.07, 6.45) is 33.9. The zero-order valence-corrected chi connectivity index (χ0v) is 24.9. The fourth-order valence-electron chi connectivity index (χ4n) is 4.99. The molecule has 0 amide bonds. The molecule has 0 atom stereocenters. The first kappa shape index (κ1) is 33.2. The Morgan fingerprint density at radius 1 is 0.611 bits per heavy atom. The van der Waals surface area contributed by atoms with E-state index in [-0.39, 0.29) is 5.97 Å². The third-order valence-electron chi connectivity index (χ3n) is 7.40. The summed E-state index contributed by atoms with van der Waals surface area (Å²) < 4.78 is 5.42. The van der Waals surface area contributed by atoms with Gasteiger partial charge in [-0.2, -0.15) is 0 Å². The largest absolute Gasteiger partial charge is 0.466 e. The van der Waals surface area contributed by atoms with Crippen LogP contribution in [-0.2, 0) is 16.0 Å². The van der Waals surface area contributed by atoms with Crippen molar-refractivity contribution in [2.45, 2.75) is 174 Å². The Labute approximate surface area is 229 Å². The maximum Gasteiger partial charge on any atom is 0.305 e. The molecule has 36 heavy (non-hydrogen) atoms. The molecule has 0 N–H and O–H groups in total. The van der Waals surface area contributed by atoms with Crippen LogP contribution in [0.25, 0.3) is 0 Å². The highest BCUT2D eigenvalue weighted by Crippen LogP contribution is 2.16. The number of carbonyl (C=O) groups is 1. The number of ether oxygens (including phenoxy) is 1. The van der Waals surface area contributed by atoms with Crippen molar-refractivity contribution in [3.8, 4) is 0 Å². The molecule has 1 heterocycles. The lowest BCUT2D eigenvalue weighted by molar-refractivity contribution is -0.143. The van der Waals surface area contributed by atoms with E-state index in [2.05, 4.69) is 24.4 Å². The number of esters is 1. The van der Waals surface area contributed by atoms with Gasteiger partial charge < -0.3 is 4.74 Å². The average molecular weight is 521 g/mol. The maximum absolute atomic E-state index is 11.9. The summed E-state index contributed by atoms with van der Waals surface area (Å²) in [6, 6.07) is 4.43. The second-order valence-electron chi connectivity index (χ2n) is 10.9. The highest BCUT2D eigenvalue weighted by molar-refractivity contribution is 7.09. The van der Waals surface area contributed by atoms with Gasteiger partial charge in [-0.25, -0.2) is 0 Å². The molecule has 0 saturated carbocycles. The normalized spacial score (nSPS) is 11.2. The van der Waals surface area contributed by atoms with Crippen LogP contribution in [0.3, 0.4) is 0 Å². The Balaban J connectivity index is 1.68. The molecule has 3 heteroatoms. The Morgan fingerprint density at radius 3 is 1.53 bits per heavy atom. The van der Waals surface area contributed by atoms with E-state index in [4.69, 9.17) is 4.74 Å². The molecular weight excluding hydrogens is 460 g/mol. The molecule has 0 bridgehead atoms. The monoisotopic (exact) mass is 520 g/mol. The lowest BCUT2D eigenvalue weighted by Gasteiger charge is -2.06. The van der Waals surface area contributed by atoms with E-state index in [1.807, 2.05) is 11.3 Å². The fraction of sp³-hybridized carbons (Fsp3) is 0.848. The minimum absolute atomic E-state index is 0.0219. The van der Waals surface area contributed by atoms with Crippen molar-refractivity contribution in [1.29, 1.82) is 0 Å². The standard InChI is InChI=1S/C33H60O2S/c1-2-3-4-5-6-7-13-16-19-22-25-30-35-33(34)29-24-21-18-15-12-10-8-9-11-14-17-20-23-27-32-28-26-31-36-32/h26,28,31H,2-25,27,29-30H2,1H3. The van der Waals surface area contributed by atoms with Crippen LogP contribution in [0.2, 0.25) is 0 Å². The lowest BCUT2D eigenvalue weighted by Crippen LogP contribution is -2.05. The molecule has 0 fully saturated rings. The van der Waals surface area contributed by atoms with Crippen LogP contribution in [-0.4, -0.2) is 12.6 Å². The van der Waals surface area contributed by atoms with Crippen molar-refractivity contribution >= 4 is 17.3 Å². The zero-order chi connectivity index (χ0) is 25.8. The minimum Gasteiger partial charge on any atom is -0.466 e. The van der Waals surface area contributed by atoms with Crippen LogP contribution in [0.15, 0.2) is 17.5 Å². The van der Waals surface area contributed by atoms with E-state index >= 15 is 0 Å². The van der Waals surface area contributed by atoms with Crippen molar-refractivity contribution < 1.29 is 9.53 Å². The van der Waals surface area contributed by atoms with Crippen LogP contribution < -0.4 is 0 Å². The molecule has 2 nitrogen and oxygen atoms in total. The fourth-order valence-corrected chi connectivity index (χ4v) is 5.74. The van der Waals surface area contributed by atoms with Crippen molar-refractivity contribution in [1.82, 2.24) is 0 Å². The van der Waals surface area contributed by atoms with Gasteiger partial charge in [0.15, 0.2) is 0 Å². The third-order valence-corrected chi connectivity index (χ3v) is 8.33. The molecule has 1 aromatic rings. The average Bonchev–Trinajstić information content (AvgIpc) is 3.40. The van der Waals surface area contributed by atoms with Gasteiger partial charge >= 0.3 is 5.97 Å². The molecule has 0 saturated heterocycles. The number of unbranched alkanes of at least 4 members (excludes halogenated alkanes) is 22. The smallest absolute Gasteiger partial charge is 0.305 e. The van der Waals surface area contributed by atoms with E-state index in [0.29, 0.717) is 13.0 Å². The van der Waals surface area contributed by atoms with Gasteiger partial charge in [-0.3, -0.25) is 4.79 Å². The molecule has 0 aromatic carbocycles. The van der Waals surface area contributed by atoms with Crippen LogP contribution in [0, 0.1) is 0 Å². The highest BCUT2D eigenvalue weighted by Gasteiger charge is 2.03. The Bertz CT molecular complexity index is 554. The lowest BCUT2D eigenvalue weighted by atomic mass is 10.0. The predicted octanol–water partition coefficient (Wildman–Crippen LogP) is 11.6. The van der Waals surface area contributed by atoms with Crippen molar-refractivity contribution in [3.63, 3.8) is 0 Å². The second kappa shape index (κ2) is 27.2. The maximum atomic E-state index is 11.9. The first-order chi connectivity index (χ1) is 17.8. The van der Waals surface area contributed by atoms with Crippen LogP contribution >= 0.6 is 11.3 Å². The highest BCUT2D eigenvalue weighted by atomic mass is 32.1. The van der Waals surface area contributed by atoms with E-state index in [1.165, 1.54) is 148 Å². The number of rotatable bonds is 28. The van der Waals surface area contributed by atoms with Gasteiger partial charge in [-0.15, -0.1) is 11.3 Å². The predicted molar refractivity (Wildman–Crippen MR) is 160 cm³/mol. The summed E-state index contributed by atoms with van der Waals surface area (Å²) in [7, 11) is 0. The Hall–Kier alpha value is -0.830. The molecule has 0 aliphatic rings. The minimum atomic E-state index is 0.0219. The molecule has 1 aromatic heterocycles. The summed E-state index contributed by atoms with van der Waals surface area (Å²) in [5.41, 5.74) is 0. The molecule has 210 valence electrons. The number of hydrogen-bond acceptors (Lipinski definition) is 3. The van der Waals surface area contributed by atoms with Gasteiger partial charge in [-0.05, 0) is 37.1 Å². The van der Waals surface area contributed by atoms with Gasteiger partial charge in [-0.1, -0.05) is 148 Å². The van der Waals surface area contributed by atoms with Gasteiger partial charge in [0.1, 0.15) is 0 Å². The SMILES string of the molecule is CCCCCCCCCCCCCOC(=O)CCCCCCCCCCCCCCCc1cccs1. The summed E-state index contributed by atoms with van der Waals surface area (Å²) in [4.78, 5) is 13.4. The molecule has 0 aliphatic carbocycles. The van der Waals surface area contributed by atoms with Gasteiger partial charge in [0.25, 0.3) is 0 Å². The van der Waals surface area contributed by atoms with Gasteiger partial charge in [0, 0.05) is 11.3 Å². The van der Waals surface area contributed by atoms with Crippen LogP contribution in [0.5, 0.6) is 0 Å². The Morgan fingerprint density at radius 2 is 1.06 bits per heavy atom. The van der Waals surface area contributed by atoms with E-state index in [9.17, 15) is 4.79 Å². The zero-order valence-electron chi connectivity index (χ0n) is 24.0. The number of hydrogen-bond donors (Lipinski definition) is 0. The molecule has 1 rings (SSSR count). The topological polar surface area (TPSA) is 26.3 Å². The first-order valence-electron chi connectivity index (χ1n) is 16.0. The van der Waals surface area contributed by atoms with E-state index < -0.39 is 0 Å². The summed E-state index contributed by atoms with van der Waals surface area (Å²) in [5.74, 6) is 0.0219.